The molecule has 0 aromatic heterocycles. The molecule has 0 bridgehead atoms. The van der Waals surface area contributed by atoms with Gasteiger partial charge in [-0.1, -0.05) is 45.2 Å². The van der Waals surface area contributed by atoms with E-state index in [0.717, 1.165) is 33.6 Å². The molecule has 0 saturated heterocycles. The molecule has 2 atom stereocenters. The Morgan fingerprint density at radius 3 is 2.53 bits per heavy atom. The van der Waals surface area contributed by atoms with Crippen molar-refractivity contribution >= 4 is 39.1 Å². The van der Waals surface area contributed by atoms with Crippen molar-refractivity contribution in [3.63, 3.8) is 0 Å². The number of hydrogen-bond donors (Lipinski definition) is 0. The molecular weight excluding hydrogens is 319 g/mol. The van der Waals surface area contributed by atoms with E-state index < -0.39 is 0 Å². The van der Waals surface area contributed by atoms with Crippen LogP contribution in [0.4, 0.5) is 0 Å². The SMILES string of the molecule is Clc1ccc(CC2(CBr)CC3CC3C2)c(Cl)c1. The van der Waals surface area contributed by atoms with Crippen LogP contribution in [0.1, 0.15) is 24.8 Å². The lowest BCUT2D eigenvalue weighted by molar-refractivity contribution is 0.308. The van der Waals surface area contributed by atoms with E-state index in [1.165, 1.54) is 24.8 Å². The zero-order valence-electron chi connectivity index (χ0n) is 9.56. The Morgan fingerprint density at radius 1 is 1.24 bits per heavy atom. The first kappa shape index (κ1) is 12.3. The fourth-order valence-corrected chi connectivity index (χ4v) is 4.51. The second kappa shape index (κ2) is 4.43. The van der Waals surface area contributed by atoms with Crippen LogP contribution in [0.2, 0.25) is 10.0 Å². The first-order valence-electron chi connectivity index (χ1n) is 6.12. The minimum absolute atomic E-state index is 0.436. The molecule has 0 radical (unpaired) electrons. The summed E-state index contributed by atoms with van der Waals surface area (Å²) in [7, 11) is 0. The molecule has 0 nitrogen and oxygen atoms in total. The first-order valence-corrected chi connectivity index (χ1v) is 7.99. The second-order valence-electron chi connectivity index (χ2n) is 5.71. The summed E-state index contributed by atoms with van der Waals surface area (Å²) < 4.78 is 0. The van der Waals surface area contributed by atoms with Crippen molar-refractivity contribution in [1.29, 1.82) is 0 Å². The fraction of sp³-hybridized carbons (Fsp3) is 0.571. The van der Waals surface area contributed by atoms with Crippen molar-refractivity contribution in [1.82, 2.24) is 0 Å². The van der Waals surface area contributed by atoms with Gasteiger partial charge in [0.15, 0.2) is 0 Å². The van der Waals surface area contributed by atoms with E-state index in [1.807, 2.05) is 12.1 Å². The molecule has 17 heavy (non-hydrogen) atoms. The summed E-state index contributed by atoms with van der Waals surface area (Å²) in [6, 6.07) is 5.88. The van der Waals surface area contributed by atoms with Gasteiger partial charge >= 0.3 is 0 Å². The topological polar surface area (TPSA) is 0 Å². The Kier molecular flexibility index (Phi) is 3.21. The molecule has 92 valence electrons. The molecule has 2 saturated carbocycles. The van der Waals surface area contributed by atoms with Crippen molar-refractivity contribution in [3.05, 3.63) is 33.8 Å². The summed E-state index contributed by atoms with van der Waals surface area (Å²) in [5.41, 5.74) is 1.68. The zero-order chi connectivity index (χ0) is 12.0. The summed E-state index contributed by atoms with van der Waals surface area (Å²) in [5.74, 6) is 2.00. The van der Waals surface area contributed by atoms with Gasteiger partial charge in [0.25, 0.3) is 0 Å². The second-order valence-corrected chi connectivity index (χ2v) is 7.11. The molecule has 0 N–H and O–H groups in total. The normalized spacial score (nSPS) is 34.8. The summed E-state index contributed by atoms with van der Waals surface area (Å²) >= 11 is 15.9. The molecule has 1 aromatic carbocycles. The number of halogens is 3. The lowest BCUT2D eigenvalue weighted by Crippen LogP contribution is -2.23. The van der Waals surface area contributed by atoms with Crippen LogP contribution in [-0.4, -0.2) is 5.33 Å². The van der Waals surface area contributed by atoms with Gasteiger partial charge in [0.1, 0.15) is 0 Å². The Labute approximate surface area is 121 Å². The Hall–Kier alpha value is 0.280. The Balaban J connectivity index is 1.81. The van der Waals surface area contributed by atoms with Crippen LogP contribution in [0.5, 0.6) is 0 Å². The number of alkyl halides is 1. The monoisotopic (exact) mass is 332 g/mol. The van der Waals surface area contributed by atoms with Crippen LogP contribution in [-0.2, 0) is 6.42 Å². The smallest absolute Gasteiger partial charge is 0.0453 e. The van der Waals surface area contributed by atoms with Crippen LogP contribution in [0, 0.1) is 17.3 Å². The predicted molar refractivity (Wildman–Crippen MR) is 77.2 cm³/mol. The molecule has 3 rings (SSSR count). The maximum atomic E-state index is 6.27. The third-order valence-electron chi connectivity index (χ3n) is 4.32. The third-order valence-corrected chi connectivity index (χ3v) is 6.10. The van der Waals surface area contributed by atoms with Gasteiger partial charge < -0.3 is 0 Å². The van der Waals surface area contributed by atoms with E-state index in [1.54, 1.807) is 0 Å². The van der Waals surface area contributed by atoms with Gasteiger partial charge in [-0.05, 0) is 60.6 Å². The van der Waals surface area contributed by atoms with Gasteiger partial charge in [-0.25, -0.2) is 0 Å². The van der Waals surface area contributed by atoms with Gasteiger partial charge in [-0.3, -0.25) is 0 Å². The number of fused-ring (bicyclic) bond motifs is 1. The van der Waals surface area contributed by atoms with Gasteiger partial charge in [-0.2, -0.15) is 0 Å². The van der Waals surface area contributed by atoms with Crippen LogP contribution in [0.25, 0.3) is 0 Å². The molecule has 0 spiro atoms. The quantitative estimate of drug-likeness (QED) is 0.654. The highest BCUT2D eigenvalue weighted by Crippen LogP contribution is 2.61. The standard InChI is InChI=1S/C14H15BrCl2/c15-8-14(6-10-3-11(10)7-14)5-9-1-2-12(16)4-13(9)17/h1-2,4,10-11H,3,5-8H2. The van der Waals surface area contributed by atoms with Crippen molar-refractivity contribution in [2.24, 2.45) is 17.3 Å². The van der Waals surface area contributed by atoms with Crippen molar-refractivity contribution in [3.8, 4) is 0 Å². The average molecular weight is 334 g/mol. The fourth-order valence-electron chi connectivity index (χ4n) is 3.38. The number of rotatable bonds is 3. The average Bonchev–Trinajstić information content (AvgIpc) is 2.91. The molecule has 3 heteroatoms. The summed E-state index contributed by atoms with van der Waals surface area (Å²) in [6.45, 7) is 0. The van der Waals surface area contributed by atoms with Gasteiger partial charge in [0.05, 0.1) is 0 Å². The summed E-state index contributed by atoms with van der Waals surface area (Å²) in [4.78, 5) is 0. The minimum atomic E-state index is 0.436. The minimum Gasteiger partial charge on any atom is -0.0922 e. The number of hydrogen-bond acceptors (Lipinski definition) is 0. The van der Waals surface area contributed by atoms with E-state index in [9.17, 15) is 0 Å². The van der Waals surface area contributed by atoms with Crippen molar-refractivity contribution < 1.29 is 0 Å². The molecule has 0 heterocycles. The Bertz CT molecular complexity index is 434. The largest absolute Gasteiger partial charge is 0.0922 e. The van der Waals surface area contributed by atoms with E-state index in [-0.39, 0.29) is 0 Å². The zero-order valence-corrected chi connectivity index (χ0v) is 12.7. The van der Waals surface area contributed by atoms with Crippen LogP contribution in [0.3, 0.4) is 0 Å². The van der Waals surface area contributed by atoms with Crippen molar-refractivity contribution in [2.45, 2.75) is 25.7 Å². The van der Waals surface area contributed by atoms with E-state index in [0.29, 0.717) is 5.41 Å². The molecule has 2 fully saturated rings. The lowest BCUT2D eigenvalue weighted by Gasteiger charge is -2.29. The molecular formula is C14H15BrCl2. The molecule has 0 aliphatic heterocycles. The van der Waals surface area contributed by atoms with Crippen LogP contribution >= 0.6 is 39.1 Å². The van der Waals surface area contributed by atoms with Crippen LogP contribution in [0.15, 0.2) is 18.2 Å². The van der Waals surface area contributed by atoms with Crippen molar-refractivity contribution in [2.75, 3.05) is 5.33 Å². The molecule has 2 aliphatic rings. The van der Waals surface area contributed by atoms with Gasteiger partial charge in [0.2, 0.25) is 0 Å². The summed E-state index contributed by atoms with van der Waals surface area (Å²) in [6.07, 6.45) is 5.27. The lowest BCUT2D eigenvalue weighted by atomic mass is 9.79. The summed E-state index contributed by atoms with van der Waals surface area (Å²) in [5, 5.41) is 2.63. The van der Waals surface area contributed by atoms with E-state index in [4.69, 9.17) is 23.2 Å². The van der Waals surface area contributed by atoms with Crippen LogP contribution < -0.4 is 0 Å². The molecule has 2 unspecified atom stereocenters. The maximum Gasteiger partial charge on any atom is 0.0453 e. The third kappa shape index (κ3) is 2.39. The maximum absolute atomic E-state index is 6.27. The molecule has 0 amide bonds. The van der Waals surface area contributed by atoms with E-state index in [2.05, 4.69) is 22.0 Å². The highest BCUT2D eigenvalue weighted by Gasteiger charge is 2.53. The highest BCUT2D eigenvalue weighted by atomic mass is 79.9. The molecule has 1 aromatic rings. The number of benzene rings is 1. The van der Waals surface area contributed by atoms with Gasteiger partial charge in [-0.15, -0.1) is 0 Å². The first-order chi connectivity index (χ1) is 8.12. The van der Waals surface area contributed by atoms with Gasteiger partial charge in [0, 0.05) is 15.4 Å². The predicted octanol–water partition coefficient (Wildman–Crippen LogP) is 5.35. The highest BCUT2D eigenvalue weighted by molar-refractivity contribution is 9.09. The van der Waals surface area contributed by atoms with E-state index >= 15 is 0 Å². The molecule has 2 aliphatic carbocycles. The Morgan fingerprint density at radius 2 is 1.94 bits per heavy atom.